The molecule has 0 bridgehead atoms. The number of para-hydroxylation sites is 1. The highest BCUT2D eigenvalue weighted by atomic mass is 32.1. The Labute approximate surface area is 189 Å². The SMILES string of the molecule is FC(F)(F)c1ccc(Nc2nnc(-c3ccsc3Cc3ccnc4ccccc34)s2)cc1. The zero-order valence-electron chi connectivity index (χ0n) is 16.4. The normalized spacial score (nSPS) is 11.7. The summed E-state index contributed by atoms with van der Waals surface area (Å²) in [5.41, 5.74) is 2.99. The van der Waals surface area contributed by atoms with E-state index in [1.54, 1.807) is 11.3 Å². The van der Waals surface area contributed by atoms with E-state index in [1.165, 1.54) is 33.9 Å². The van der Waals surface area contributed by atoms with E-state index in [4.69, 9.17) is 0 Å². The standard InChI is InChI=1S/C23H15F3N4S2/c24-23(25,26)15-5-7-16(8-6-15)28-22-30-29-21(32-22)18-10-12-31-20(18)13-14-9-11-27-19-4-2-1-3-17(14)19/h1-12H,13H2,(H,28,30). The maximum atomic E-state index is 12.7. The van der Waals surface area contributed by atoms with Crippen molar-refractivity contribution in [3.63, 3.8) is 0 Å². The molecule has 1 N–H and O–H groups in total. The van der Waals surface area contributed by atoms with Crippen LogP contribution in [0.15, 0.2) is 72.2 Å². The number of anilines is 2. The van der Waals surface area contributed by atoms with Gasteiger partial charge in [0, 0.05) is 34.1 Å². The lowest BCUT2D eigenvalue weighted by Gasteiger charge is -2.07. The minimum absolute atomic E-state index is 0.520. The number of pyridine rings is 1. The number of halogens is 3. The lowest BCUT2D eigenvalue weighted by atomic mass is 10.0. The molecule has 160 valence electrons. The predicted octanol–water partition coefficient (Wildman–Crippen LogP) is 7.17. The Morgan fingerprint density at radius 3 is 2.53 bits per heavy atom. The molecule has 9 heteroatoms. The first-order valence-electron chi connectivity index (χ1n) is 9.64. The molecule has 0 unspecified atom stereocenters. The first-order valence-corrected chi connectivity index (χ1v) is 11.3. The molecule has 0 aliphatic heterocycles. The Morgan fingerprint density at radius 2 is 1.72 bits per heavy atom. The molecule has 32 heavy (non-hydrogen) atoms. The van der Waals surface area contributed by atoms with Crippen LogP contribution >= 0.6 is 22.7 Å². The van der Waals surface area contributed by atoms with Gasteiger partial charge in [0.25, 0.3) is 0 Å². The van der Waals surface area contributed by atoms with Crippen LogP contribution in [0.4, 0.5) is 24.0 Å². The van der Waals surface area contributed by atoms with E-state index in [2.05, 4.69) is 26.6 Å². The lowest BCUT2D eigenvalue weighted by Crippen LogP contribution is -2.04. The Kier molecular flexibility index (Phi) is 5.36. The van der Waals surface area contributed by atoms with Crippen LogP contribution in [0.5, 0.6) is 0 Å². The van der Waals surface area contributed by atoms with Crippen LogP contribution in [0.3, 0.4) is 0 Å². The van der Waals surface area contributed by atoms with E-state index < -0.39 is 11.7 Å². The van der Waals surface area contributed by atoms with Crippen LogP contribution in [0.25, 0.3) is 21.5 Å². The highest BCUT2D eigenvalue weighted by Crippen LogP contribution is 2.36. The van der Waals surface area contributed by atoms with Crippen molar-refractivity contribution in [3.8, 4) is 10.6 Å². The average Bonchev–Trinajstić information content (AvgIpc) is 3.43. The third kappa shape index (κ3) is 4.21. The van der Waals surface area contributed by atoms with Gasteiger partial charge in [0.05, 0.1) is 11.1 Å². The summed E-state index contributed by atoms with van der Waals surface area (Å²) in [6.45, 7) is 0. The summed E-state index contributed by atoms with van der Waals surface area (Å²) >= 11 is 3.02. The second kappa shape index (κ2) is 8.33. The quantitative estimate of drug-likeness (QED) is 0.297. The predicted molar refractivity (Wildman–Crippen MR) is 122 cm³/mol. The molecule has 0 atom stereocenters. The van der Waals surface area contributed by atoms with Crippen LogP contribution in [-0.4, -0.2) is 15.2 Å². The fraction of sp³-hybridized carbons (Fsp3) is 0.0870. The van der Waals surface area contributed by atoms with Crippen LogP contribution in [0.1, 0.15) is 16.0 Å². The van der Waals surface area contributed by atoms with Gasteiger partial charge >= 0.3 is 6.18 Å². The van der Waals surface area contributed by atoms with Crippen molar-refractivity contribution < 1.29 is 13.2 Å². The van der Waals surface area contributed by atoms with Crippen LogP contribution in [0.2, 0.25) is 0 Å². The van der Waals surface area contributed by atoms with E-state index >= 15 is 0 Å². The fourth-order valence-corrected chi connectivity index (χ4v) is 5.18. The molecule has 3 aromatic heterocycles. The van der Waals surface area contributed by atoms with E-state index in [0.717, 1.165) is 40.0 Å². The van der Waals surface area contributed by atoms with Gasteiger partial charge in [-0.3, -0.25) is 4.98 Å². The van der Waals surface area contributed by atoms with Crippen LogP contribution in [0, 0.1) is 0 Å². The third-order valence-electron chi connectivity index (χ3n) is 4.95. The summed E-state index contributed by atoms with van der Waals surface area (Å²) in [5.74, 6) is 0. The number of thiophene rings is 1. The van der Waals surface area contributed by atoms with Crippen LogP contribution in [-0.2, 0) is 12.6 Å². The molecule has 5 rings (SSSR count). The molecule has 0 fully saturated rings. The molecule has 0 radical (unpaired) electrons. The summed E-state index contributed by atoms with van der Waals surface area (Å²) in [6.07, 6.45) is -1.79. The molecule has 0 amide bonds. The smallest absolute Gasteiger partial charge is 0.330 e. The Bertz CT molecular complexity index is 1370. The number of rotatable bonds is 5. The van der Waals surface area contributed by atoms with Gasteiger partial charge in [-0.2, -0.15) is 13.2 Å². The molecule has 5 aromatic rings. The fourth-order valence-electron chi connectivity index (χ4n) is 3.40. The molecule has 4 nitrogen and oxygen atoms in total. The topological polar surface area (TPSA) is 50.7 Å². The summed E-state index contributed by atoms with van der Waals surface area (Å²) in [6, 6.07) is 17.0. The molecule has 0 aliphatic rings. The molecular weight excluding hydrogens is 453 g/mol. The second-order valence-electron chi connectivity index (χ2n) is 7.03. The third-order valence-corrected chi connectivity index (χ3v) is 6.75. The monoisotopic (exact) mass is 468 g/mol. The number of alkyl halides is 3. The van der Waals surface area contributed by atoms with Gasteiger partial charge in [-0.25, -0.2) is 0 Å². The minimum atomic E-state index is -4.36. The number of fused-ring (bicyclic) bond motifs is 1. The van der Waals surface area contributed by atoms with Gasteiger partial charge in [-0.15, -0.1) is 21.5 Å². The lowest BCUT2D eigenvalue weighted by molar-refractivity contribution is -0.137. The van der Waals surface area contributed by atoms with Gasteiger partial charge in [-0.05, 0) is 53.4 Å². The van der Waals surface area contributed by atoms with Crippen molar-refractivity contribution in [2.24, 2.45) is 0 Å². The minimum Gasteiger partial charge on any atom is -0.330 e. The van der Waals surface area contributed by atoms with Crippen molar-refractivity contribution in [1.82, 2.24) is 15.2 Å². The number of aromatic nitrogens is 3. The molecule has 0 saturated carbocycles. The summed E-state index contributed by atoms with van der Waals surface area (Å²) < 4.78 is 38.2. The molecule has 0 saturated heterocycles. The maximum Gasteiger partial charge on any atom is 0.416 e. The van der Waals surface area contributed by atoms with Crippen molar-refractivity contribution >= 4 is 44.4 Å². The number of hydrogen-bond acceptors (Lipinski definition) is 6. The van der Waals surface area contributed by atoms with Crippen molar-refractivity contribution in [2.45, 2.75) is 12.6 Å². The molecule has 2 aromatic carbocycles. The Morgan fingerprint density at radius 1 is 0.906 bits per heavy atom. The molecule has 3 heterocycles. The number of benzene rings is 2. The summed E-state index contributed by atoms with van der Waals surface area (Å²) in [7, 11) is 0. The van der Waals surface area contributed by atoms with Crippen molar-refractivity contribution in [1.29, 1.82) is 0 Å². The zero-order chi connectivity index (χ0) is 22.1. The van der Waals surface area contributed by atoms with Crippen molar-refractivity contribution in [2.75, 3.05) is 5.32 Å². The number of nitrogens with one attached hydrogen (secondary N) is 1. The first-order chi connectivity index (χ1) is 15.5. The van der Waals surface area contributed by atoms with Gasteiger partial charge in [0.1, 0.15) is 0 Å². The van der Waals surface area contributed by atoms with Gasteiger partial charge in [0.15, 0.2) is 5.01 Å². The van der Waals surface area contributed by atoms with Gasteiger partial charge in [0.2, 0.25) is 5.13 Å². The first kappa shape index (κ1) is 20.6. The Hall–Kier alpha value is -3.30. The second-order valence-corrected chi connectivity index (χ2v) is 9.01. The van der Waals surface area contributed by atoms with Gasteiger partial charge < -0.3 is 5.32 Å². The zero-order valence-corrected chi connectivity index (χ0v) is 18.1. The molecule has 0 aliphatic carbocycles. The van der Waals surface area contributed by atoms with E-state index in [9.17, 15) is 13.2 Å². The van der Waals surface area contributed by atoms with Crippen LogP contribution < -0.4 is 5.32 Å². The van der Waals surface area contributed by atoms with E-state index in [0.29, 0.717) is 10.8 Å². The summed E-state index contributed by atoms with van der Waals surface area (Å²) in [5, 5.41) is 15.9. The Balaban J connectivity index is 1.37. The molecular formula is C23H15F3N4S2. The van der Waals surface area contributed by atoms with Gasteiger partial charge in [-0.1, -0.05) is 29.5 Å². The largest absolute Gasteiger partial charge is 0.416 e. The van der Waals surface area contributed by atoms with E-state index in [1.807, 2.05) is 41.9 Å². The number of nitrogens with zero attached hydrogens (tertiary/aromatic N) is 3. The highest BCUT2D eigenvalue weighted by Gasteiger charge is 2.30. The summed E-state index contributed by atoms with van der Waals surface area (Å²) in [4.78, 5) is 5.59. The highest BCUT2D eigenvalue weighted by molar-refractivity contribution is 7.19. The number of hydrogen-bond donors (Lipinski definition) is 1. The molecule has 0 spiro atoms. The van der Waals surface area contributed by atoms with E-state index in [-0.39, 0.29) is 0 Å². The maximum absolute atomic E-state index is 12.7. The average molecular weight is 469 g/mol. The van der Waals surface area contributed by atoms with Crippen molar-refractivity contribution in [3.05, 3.63) is 88.2 Å².